The second-order valence-electron chi connectivity index (χ2n) is 7.12. The minimum absolute atomic E-state index is 0.288. The molecule has 2 aromatic carbocycles. The van der Waals surface area contributed by atoms with Gasteiger partial charge in [0.2, 0.25) is 0 Å². The highest BCUT2D eigenvalue weighted by molar-refractivity contribution is 5.87. The maximum atomic E-state index is 14.8. The van der Waals surface area contributed by atoms with E-state index in [1.54, 1.807) is 12.1 Å². The third-order valence-corrected chi connectivity index (χ3v) is 5.28. The molecule has 3 rings (SSSR count). The van der Waals surface area contributed by atoms with Gasteiger partial charge in [-0.15, -0.1) is 0 Å². The van der Waals surface area contributed by atoms with E-state index in [-0.39, 0.29) is 5.92 Å². The first-order valence-electron chi connectivity index (χ1n) is 9.47. The van der Waals surface area contributed by atoms with Crippen molar-refractivity contribution in [1.82, 2.24) is 0 Å². The fourth-order valence-corrected chi connectivity index (χ4v) is 3.85. The zero-order valence-corrected chi connectivity index (χ0v) is 15.5. The fraction of sp³-hybridized carbons (Fsp3) is 0.333. The normalized spacial score (nSPS) is 22.3. The van der Waals surface area contributed by atoms with Gasteiger partial charge in [-0.1, -0.05) is 48.6 Å². The van der Waals surface area contributed by atoms with E-state index < -0.39 is 11.7 Å². The summed E-state index contributed by atoms with van der Waals surface area (Å²) in [5.74, 6) is -1.05. The highest BCUT2D eigenvalue weighted by Gasteiger charge is 2.25. The molecule has 26 heavy (non-hydrogen) atoms. The molecule has 0 nitrogen and oxygen atoms in total. The lowest BCUT2D eigenvalue weighted by atomic mass is 9.81. The fourth-order valence-electron chi connectivity index (χ4n) is 3.85. The number of fused-ring (bicyclic) bond motifs is 1. The van der Waals surface area contributed by atoms with E-state index in [0.29, 0.717) is 24.3 Å². The molecule has 1 fully saturated rings. The molecule has 1 aliphatic rings. The topological polar surface area (TPSA) is 0 Å². The van der Waals surface area contributed by atoms with Gasteiger partial charge in [-0.3, -0.25) is 0 Å². The number of hydrogen-bond donors (Lipinski definition) is 0. The minimum atomic E-state index is -0.695. The van der Waals surface area contributed by atoms with Gasteiger partial charge in [-0.05, 0) is 73.9 Å². The van der Waals surface area contributed by atoms with E-state index in [0.717, 1.165) is 29.2 Å². The standard InChI is InChI=1S/C24H26F2/c1-3-5-17-7-10-19(11-8-17)23(25)24(26)22-14-13-20-15-18(6-4-2)9-12-21(20)16-22/h3-6,9,12-17,19H,7-8,10-11H2,1-2H3/b5-3+,6-4+,24-23?. The summed E-state index contributed by atoms with van der Waals surface area (Å²) in [7, 11) is 0. The Hall–Kier alpha value is -2.22. The van der Waals surface area contributed by atoms with Crippen LogP contribution in [-0.2, 0) is 0 Å². The molecule has 0 aromatic heterocycles. The average Bonchev–Trinajstić information content (AvgIpc) is 2.67. The summed E-state index contributed by atoms with van der Waals surface area (Å²) in [5, 5.41) is 1.96. The quantitative estimate of drug-likeness (QED) is 0.491. The van der Waals surface area contributed by atoms with Gasteiger partial charge in [0.15, 0.2) is 5.83 Å². The van der Waals surface area contributed by atoms with Gasteiger partial charge < -0.3 is 0 Å². The lowest BCUT2D eigenvalue weighted by Crippen LogP contribution is -2.14. The summed E-state index contributed by atoms with van der Waals surface area (Å²) in [6.45, 7) is 3.98. The maximum Gasteiger partial charge on any atom is 0.162 e. The van der Waals surface area contributed by atoms with E-state index >= 15 is 0 Å². The number of allylic oxidation sites excluding steroid dienone is 4. The van der Waals surface area contributed by atoms with Crippen LogP contribution in [0.5, 0.6) is 0 Å². The van der Waals surface area contributed by atoms with Gasteiger partial charge in [0.1, 0.15) is 5.83 Å². The Kier molecular flexibility index (Phi) is 6.03. The second kappa shape index (κ2) is 8.44. The van der Waals surface area contributed by atoms with Crippen LogP contribution in [0.25, 0.3) is 22.7 Å². The molecule has 0 amide bonds. The molecule has 0 saturated heterocycles. The van der Waals surface area contributed by atoms with E-state index in [2.05, 4.69) is 18.2 Å². The molecule has 0 unspecified atom stereocenters. The molecule has 1 aliphatic carbocycles. The molecule has 136 valence electrons. The molecule has 2 aromatic rings. The van der Waals surface area contributed by atoms with Crippen molar-refractivity contribution < 1.29 is 8.78 Å². The smallest absolute Gasteiger partial charge is 0.162 e. The predicted octanol–water partition coefficient (Wildman–Crippen LogP) is 7.86. The second-order valence-corrected chi connectivity index (χ2v) is 7.12. The van der Waals surface area contributed by atoms with Gasteiger partial charge in [-0.2, -0.15) is 0 Å². The Morgan fingerprint density at radius 3 is 2.27 bits per heavy atom. The summed E-state index contributed by atoms with van der Waals surface area (Å²) in [5.41, 5.74) is 1.44. The van der Waals surface area contributed by atoms with Crippen LogP contribution in [0, 0.1) is 11.8 Å². The molecular formula is C24H26F2. The van der Waals surface area contributed by atoms with Crippen LogP contribution in [0.4, 0.5) is 8.78 Å². The van der Waals surface area contributed by atoms with Gasteiger partial charge in [0.05, 0.1) is 0 Å². The van der Waals surface area contributed by atoms with Crippen molar-refractivity contribution >= 4 is 22.7 Å². The lowest BCUT2D eigenvalue weighted by molar-refractivity contribution is 0.304. The first-order chi connectivity index (χ1) is 12.6. The van der Waals surface area contributed by atoms with Crippen molar-refractivity contribution in [2.75, 3.05) is 0 Å². The Bertz CT molecular complexity index is 850. The summed E-state index contributed by atoms with van der Waals surface area (Å²) < 4.78 is 29.5. The van der Waals surface area contributed by atoms with Crippen molar-refractivity contribution in [1.29, 1.82) is 0 Å². The van der Waals surface area contributed by atoms with Gasteiger partial charge in [0, 0.05) is 11.5 Å². The molecule has 0 aliphatic heterocycles. The van der Waals surface area contributed by atoms with Crippen molar-refractivity contribution in [2.45, 2.75) is 39.5 Å². The first kappa shape index (κ1) is 18.6. The van der Waals surface area contributed by atoms with Crippen LogP contribution in [0.2, 0.25) is 0 Å². The monoisotopic (exact) mass is 352 g/mol. The van der Waals surface area contributed by atoms with Gasteiger partial charge in [-0.25, -0.2) is 8.78 Å². The third-order valence-electron chi connectivity index (χ3n) is 5.28. The van der Waals surface area contributed by atoms with Crippen LogP contribution in [-0.4, -0.2) is 0 Å². The molecule has 2 heteroatoms. The molecule has 0 spiro atoms. The van der Waals surface area contributed by atoms with Crippen LogP contribution in [0.3, 0.4) is 0 Å². The molecule has 0 atom stereocenters. The van der Waals surface area contributed by atoms with E-state index in [4.69, 9.17) is 0 Å². The van der Waals surface area contributed by atoms with E-state index in [1.165, 1.54) is 0 Å². The molecule has 1 saturated carbocycles. The number of hydrogen-bond acceptors (Lipinski definition) is 0. The predicted molar refractivity (Wildman–Crippen MR) is 108 cm³/mol. The first-order valence-corrected chi connectivity index (χ1v) is 9.47. The summed E-state index contributed by atoms with van der Waals surface area (Å²) in [6.07, 6.45) is 11.5. The van der Waals surface area contributed by atoms with Crippen LogP contribution in [0.15, 0.2) is 60.5 Å². The van der Waals surface area contributed by atoms with E-state index in [9.17, 15) is 8.78 Å². The van der Waals surface area contributed by atoms with Crippen molar-refractivity contribution in [3.63, 3.8) is 0 Å². The Balaban J connectivity index is 1.83. The molecule has 0 radical (unpaired) electrons. The molecule has 0 N–H and O–H groups in total. The average molecular weight is 352 g/mol. The number of halogens is 2. The van der Waals surface area contributed by atoms with Crippen molar-refractivity contribution in [3.05, 3.63) is 71.6 Å². The zero-order valence-electron chi connectivity index (χ0n) is 15.5. The Morgan fingerprint density at radius 2 is 1.58 bits per heavy atom. The van der Waals surface area contributed by atoms with Crippen LogP contribution >= 0.6 is 0 Å². The summed E-state index contributed by atoms with van der Waals surface area (Å²) in [6, 6.07) is 11.3. The van der Waals surface area contributed by atoms with E-state index in [1.807, 2.05) is 44.2 Å². The third kappa shape index (κ3) is 4.12. The summed E-state index contributed by atoms with van der Waals surface area (Å²) >= 11 is 0. The SMILES string of the molecule is C/C=C/c1ccc2cc(C(F)=C(F)C3CCC(/C=C/C)CC3)ccc2c1. The van der Waals surface area contributed by atoms with Crippen LogP contribution in [0.1, 0.15) is 50.7 Å². The Morgan fingerprint density at radius 1 is 0.885 bits per heavy atom. The van der Waals surface area contributed by atoms with Gasteiger partial charge in [0.25, 0.3) is 0 Å². The molecular weight excluding hydrogens is 326 g/mol. The largest absolute Gasteiger partial charge is 0.208 e. The highest BCUT2D eigenvalue weighted by atomic mass is 19.2. The van der Waals surface area contributed by atoms with Crippen LogP contribution < -0.4 is 0 Å². The minimum Gasteiger partial charge on any atom is -0.208 e. The Labute approximate surface area is 154 Å². The highest BCUT2D eigenvalue weighted by Crippen LogP contribution is 2.38. The lowest BCUT2D eigenvalue weighted by Gasteiger charge is -2.25. The zero-order chi connectivity index (χ0) is 18.5. The van der Waals surface area contributed by atoms with Crippen molar-refractivity contribution in [3.8, 4) is 0 Å². The van der Waals surface area contributed by atoms with Gasteiger partial charge >= 0.3 is 0 Å². The molecule has 0 heterocycles. The summed E-state index contributed by atoms with van der Waals surface area (Å²) in [4.78, 5) is 0. The van der Waals surface area contributed by atoms with Crippen molar-refractivity contribution in [2.24, 2.45) is 11.8 Å². The number of benzene rings is 2. The number of rotatable bonds is 4. The molecule has 0 bridgehead atoms. The maximum absolute atomic E-state index is 14.8.